The van der Waals surface area contributed by atoms with Gasteiger partial charge in [0.25, 0.3) is 0 Å². The Balaban J connectivity index is 1.58. The van der Waals surface area contributed by atoms with Crippen LogP contribution in [0, 0.1) is 5.92 Å². The summed E-state index contributed by atoms with van der Waals surface area (Å²) in [5.74, 6) is 0.187. The Morgan fingerprint density at radius 3 is 2.55 bits per heavy atom. The van der Waals surface area contributed by atoms with E-state index in [-0.39, 0.29) is 49.5 Å². The van der Waals surface area contributed by atoms with Gasteiger partial charge in [-0.3, -0.25) is 4.79 Å². The molecule has 4 N–H and O–H groups in total. The van der Waals surface area contributed by atoms with Gasteiger partial charge in [0.05, 0.1) is 31.3 Å². The fourth-order valence-corrected chi connectivity index (χ4v) is 5.05. The lowest BCUT2D eigenvalue weighted by Crippen LogP contribution is -2.48. The zero-order valence-electron chi connectivity index (χ0n) is 24.9. The largest absolute Gasteiger partial charge is 0.488 e. The molecule has 0 spiro atoms. The minimum Gasteiger partial charge on any atom is -0.488 e. The summed E-state index contributed by atoms with van der Waals surface area (Å²) in [5, 5.41) is 20.5. The minimum absolute atomic E-state index is 0.0339. The molecule has 42 heavy (non-hydrogen) atoms. The molecule has 5 amide bonds. The minimum atomic E-state index is -0.464. The Morgan fingerprint density at radius 1 is 1.07 bits per heavy atom. The molecule has 3 atom stereocenters. The van der Waals surface area contributed by atoms with Crippen LogP contribution < -0.4 is 20.7 Å². The summed E-state index contributed by atoms with van der Waals surface area (Å²) < 4.78 is 6.51. The number of anilines is 2. The van der Waals surface area contributed by atoms with E-state index in [1.54, 1.807) is 42.0 Å². The number of aliphatic hydroxyl groups is 1. The van der Waals surface area contributed by atoms with Crippen LogP contribution >= 0.6 is 0 Å². The number of amides is 5. The number of carbonyl (C=O) groups is 3. The Bertz CT molecular complexity index is 1420. The van der Waals surface area contributed by atoms with Gasteiger partial charge >= 0.3 is 12.1 Å². The van der Waals surface area contributed by atoms with Crippen LogP contribution in [0.25, 0.3) is 10.8 Å². The third-order valence-electron chi connectivity index (χ3n) is 7.43. The number of carbonyl (C=O) groups excluding carboxylic acids is 3. The van der Waals surface area contributed by atoms with Crippen LogP contribution in [0.15, 0.2) is 60.7 Å². The average Bonchev–Trinajstić information content (AvgIpc) is 2.99. The Morgan fingerprint density at radius 2 is 1.81 bits per heavy atom. The molecule has 0 unspecified atom stereocenters. The molecular weight excluding hydrogens is 534 g/mol. The normalized spacial score (nSPS) is 17.8. The predicted molar refractivity (Wildman–Crippen MR) is 165 cm³/mol. The van der Waals surface area contributed by atoms with Crippen LogP contribution in [0.2, 0.25) is 0 Å². The van der Waals surface area contributed by atoms with E-state index in [2.05, 4.69) is 16.0 Å². The first-order chi connectivity index (χ1) is 20.0. The molecule has 3 aromatic carbocycles. The van der Waals surface area contributed by atoms with Crippen LogP contribution in [-0.2, 0) is 11.2 Å². The summed E-state index contributed by atoms with van der Waals surface area (Å²) in [7, 11) is 1.71. The van der Waals surface area contributed by atoms with Gasteiger partial charge in [-0.15, -0.1) is 0 Å². The van der Waals surface area contributed by atoms with E-state index in [1.165, 1.54) is 0 Å². The van der Waals surface area contributed by atoms with E-state index < -0.39 is 12.1 Å². The third-order valence-corrected chi connectivity index (χ3v) is 7.43. The summed E-state index contributed by atoms with van der Waals surface area (Å²) in [6.45, 7) is 7.94. The lowest BCUT2D eigenvalue weighted by atomic mass is 10.0. The number of nitrogens with zero attached hydrogens (tertiary/aromatic N) is 2. The molecular formula is C32H41N5O5. The summed E-state index contributed by atoms with van der Waals surface area (Å²) in [6.07, 6.45) is -0.424. The van der Waals surface area contributed by atoms with E-state index in [4.69, 9.17) is 4.74 Å². The number of urea groups is 2. The van der Waals surface area contributed by atoms with Gasteiger partial charge in [-0.2, -0.15) is 0 Å². The number of ether oxygens (including phenoxy) is 1. The highest BCUT2D eigenvalue weighted by atomic mass is 16.5. The summed E-state index contributed by atoms with van der Waals surface area (Å²) >= 11 is 0. The highest BCUT2D eigenvalue weighted by Crippen LogP contribution is 2.29. The topological polar surface area (TPSA) is 123 Å². The van der Waals surface area contributed by atoms with Crippen molar-refractivity contribution >= 4 is 40.1 Å². The van der Waals surface area contributed by atoms with Gasteiger partial charge in [0.1, 0.15) is 11.9 Å². The quantitative estimate of drug-likeness (QED) is 0.326. The standard InChI is InChI=1S/C32H41N5O5/c1-20(2)33-31(40)34-25-13-14-28-24(15-25)16-30(39)37(22(4)19-38)17-21(3)29(42-28)18-36(5)32(41)35-27-12-8-10-23-9-6-7-11-26(23)27/h6-15,20-22,29,38H,16-19H2,1-5H3,(H,35,41)(H2,33,34,40)/t21-,22+,29+/m1/s1. The summed E-state index contributed by atoms with van der Waals surface area (Å²) in [5.41, 5.74) is 1.86. The number of hydrogen-bond donors (Lipinski definition) is 4. The highest BCUT2D eigenvalue weighted by Gasteiger charge is 2.32. The van der Waals surface area contributed by atoms with E-state index in [0.29, 0.717) is 29.2 Å². The van der Waals surface area contributed by atoms with Crippen molar-refractivity contribution in [2.24, 2.45) is 5.92 Å². The highest BCUT2D eigenvalue weighted by molar-refractivity contribution is 6.01. The number of fused-ring (bicyclic) bond motifs is 2. The number of hydrogen-bond acceptors (Lipinski definition) is 5. The first-order valence-electron chi connectivity index (χ1n) is 14.3. The molecule has 3 aromatic rings. The van der Waals surface area contributed by atoms with Crippen LogP contribution in [-0.4, -0.2) is 77.8 Å². The molecule has 1 heterocycles. The van der Waals surface area contributed by atoms with Gasteiger partial charge in [0.15, 0.2) is 0 Å². The molecule has 10 nitrogen and oxygen atoms in total. The molecule has 0 fully saturated rings. The van der Waals surface area contributed by atoms with Crippen LogP contribution in [0.3, 0.4) is 0 Å². The SMILES string of the molecule is CC(C)NC(=O)Nc1ccc2c(c1)CC(=O)N([C@@H](C)CO)C[C@@H](C)[C@H](CN(C)C(=O)Nc1cccc3ccccc13)O2. The molecule has 0 saturated carbocycles. The van der Waals surface area contributed by atoms with E-state index in [0.717, 1.165) is 10.8 Å². The summed E-state index contributed by atoms with van der Waals surface area (Å²) in [6, 6.07) is 17.8. The molecule has 0 saturated heterocycles. The molecule has 0 radical (unpaired) electrons. The number of rotatable bonds is 7. The van der Waals surface area contributed by atoms with Crippen molar-refractivity contribution in [1.29, 1.82) is 0 Å². The lowest BCUT2D eigenvalue weighted by Gasteiger charge is -2.34. The van der Waals surface area contributed by atoms with E-state index in [9.17, 15) is 19.5 Å². The van der Waals surface area contributed by atoms with Crippen LogP contribution in [0.5, 0.6) is 5.75 Å². The van der Waals surface area contributed by atoms with Gasteiger partial charge in [0, 0.05) is 42.2 Å². The number of likely N-dealkylation sites (N-methyl/N-ethyl adjacent to an activating group) is 1. The van der Waals surface area contributed by atoms with E-state index >= 15 is 0 Å². The molecule has 224 valence electrons. The van der Waals surface area contributed by atoms with Crippen LogP contribution in [0.4, 0.5) is 21.0 Å². The molecule has 1 aliphatic rings. The smallest absolute Gasteiger partial charge is 0.321 e. The maximum atomic E-state index is 13.4. The van der Waals surface area contributed by atoms with Crippen molar-refractivity contribution in [1.82, 2.24) is 15.1 Å². The molecule has 10 heteroatoms. The fourth-order valence-electron chi connectivity index (χ4n) is 5.05. The predicted octanol–water partition coefficient (Wildman–Crippen LogP) is 4.68. The Labute approximate surface area is 247 Å². The monoisotopic (exact) mass is 575 g/mol. The fraction of sp³-hybridized carbons (Fsp3) is 0.406. The third kappa shape index (κ3) is 7.50. The average molecular weight is 576 g/mol. The van der Waals surface area contributed by atoms with Gasteiger partial charge in [0.2, 0.25) is 5.91 Å². The van der Waals surface area contributed by atoms with Gasteiger partial charge < -0.3 is 35.6 Å². The maximum Gasteiger partial charge on any atom is 0.321 e. The Kier molecular flexibility index (Phi) is 9.90. The maximum absolute atomic E-state index is 13.4. The molecule has 0 aromatic heterocycles. The van der Waals surface area contributed by atoms with Crippen molar-refractivity contribution in [3.05, 3.63) is 66.2 Å². The zero-order valence-corrected chi connectivity index (χ0v) is 24.9. The molecule has 1 aliphatic heterocycles. The van der Waals surface area contributed by atoms with Gasteiger partial charge in [-0.05, 0) is 50.4 Å². The molecule has 0 bridgehead atoms. The second-order valence-corrected chi connectivity index (χ2v) is 11.3. The van der Waals surface area contributed by atoms with Crippen LogP contribution in [0.1, 0.15) is 33.3 Å². The first-order valence-corrected chi connectivity index (χ1v) is 14.3. The van der Waals surface area contributed by atoms with Crippen molar-refractivity contribution in [3.63, 3.8) is 0 Å². The van der Waals surface area contributed by atoms with Crippen molar-refractivity contribution in [2.45, 2.75) is 52.3 Å². The number of nitrogens with one attached hydrogen (secondary N) is 3. The molecule has 0 aliphatic carbocycles. The van der Waals surface area contributed by atoms with Crippen molar-refractivity contribution in [2.75, 3.05) is 37.4 Å². The first kappa shape index (κ1) is 30.6. The lowest BCUT2D eigenvalue weighted by molar-refractivity contribution is -0.134. The van der Waals surface area contributed by atoms with Gasteiger partial charge in [-0.25, -0.2) is 9.59 Å². The second-order valence-electron chi connectivity index (χ2n) is 11.3. The summed E-state index contributed by atoms with van der Waals surface area (Å²) in [4.78, 5) is 42.3. The number of benzene rings is 3. The molecule has 4 rings (SSSR count). The van der Waals surface area contributed by atoms with Crippen molar-refractivity contribution < 1.29 is 24.2 Å². The van der Waals surface area contributed by atoms with E-state index in [1.807, 2.05) is 63.2 Å². The zero-order chi connectivity index (χ0) is 30.4. The second kappa shape index (κ2) is 13.6. The van der Waals surface area contributed by atoms with Gasteiger partial charge in [-0.1, -0.05) is 43.3 Å². The Hall–Kier alpha value is -4.31. The number of aliphatic hydroxyl groups excluding tert-OH is 1. The van der Waals surface area contributed by atoms with Crippen molar-refractivity contribution in [3.8, 4) is 5.75 Å².